The number of ether oxygens (including phenoxy) is 2. The van der Waals surface area contributed by atoms with Gasteiger partial charge in [-0.3, -0.25) is 0 Å². The van der Waals surface area contributed by atoms with Crippen LogP contribution in [0.15, 0.2) is 111 Å². The minimum atomic E-state index is -0.233. The minimum Gasteiger partial charge on any atom is -0.383 e. The molecule has 1 atom stereocenters. The molecule has 0 saturated carbocycles. The quantitative estimate of drug-likeness (QED) is 0.0721. The number of hydrogen-bond acceptors (Lipinski definition) is 8. The van der Waals surface area contributed by atoms with Gasteiger partial charge in [-0.25, -0.2) is 0 Å². The molecule has 0 aliphatic carbocycles. The van der Waals surface area contributed by atoms with E-state index in [1.807, 2.05) is 48.5 Å². The summed E-state index contributed by atoms with van der Waals surface area (Å²) in [4.78, 5) is 5.12. The first-order valence-corrected chi connectivity index (χ1v) is 18.5. The van der Waals surface area contributed by atoms with Gasteiger partial charge in [0.15, 0.2) is 0 Å². The number of nitrogens with zero attached hydrogens (tertiary/aromatic N) is 6. The molecule has 0 aromatic heterocycles. The summed E-state index contributed by atoms with van der Waals surface area (Å²) in [5, 5.41) is 23.1. The summed E-state index contributed by atoms with van der Waals surface area (Å²) in [7, 11) is 3.57. The molecule has 0 radical (unpaired) electrons. The van der Waals surface area contributed by atoms with Gasteiger partial charge >= 0.3 is 0 Å². The van der Waals surface area contributed by atoms with Gasteiger partial charge in [0.2, 0.25) is 0 Å². The predicted octanol–water partition coefficient (Wildman–Crippen LogP) is 12.5. The lowest BCUT2D eigenvalue weighted by molar-refractivity contribution is 0.183. The zero-order valence-electron chi connectivity index (χ0n) is 30.9. The summed E-state index contributed by atoms with van der Waals surface area (Å²) in [5.74, 6) is 0. The minimum absolute atomic E-state index is 0.233. The highest BCUT2D eigenvalue weighted by atomic mass is 16.5. The van der Waals surface area contributed by atoms with Crippen molar-refractivity contribution in [1.29, 1.82) is 0 Å². The second kappa shape index (κ2) is 17.0. The van der Waals surface area contributed by atoms with Gasteiger partial charge in [-0.1, -0.05) is 93.1 Å². The molecular weight excluding hydrogens is 633 g/mol. The van der Waals surface area contributed by atoms with Crippen LogP contribution in [0.2, 0.25) is 0 Å². The SMILES string of the molecule is CCCCCCCCC1(C)N(CCOC)c2cccc3c(/N=N/c4ccc(/N=N/c5ccc(C)cc5)c5ccccc45)ccc(c23)N1CCOC. The number of unbranched alkanes of at least 4 members (excludes halogenated alkanes) is 5. The highest BCUT2D eigenvalue weighted by Gasteiger charge is 2.42. The molecule has 0 fully saturated rings. The zero-order valence-corrected chi connectivity index (χ0v) is 30.9. The molecule has 6 rings (SSSR count). The van der Waals surface area contributed by atoms with Crippen molar-refractivity contribution in [3.05, 3.63) is 96.6 Å². The number of hydrogen-bond donors (Lipinski definition) is 0. The van der Waals surface area contributed by atoms with Crippen molar-refractivity contribution in [2.45, 2.75) is 71.4 Å². The van der Waals surface area contributed by atoms with Crippen molar-refractivity contribution in [1.82, 2.24) is 0 Å². The van der Waals surface area contributed by atoms with Gasteiger partial charge in [0.1, 0.15) is 5.66 Å². The molecule has 0 spiro atoms. The number of anilines is 2. The molecule has 1 heterocycles. The third kappa shape index (κ3) is 7.97. The standard InChI is InChI=1S/C43H52N6O2/c1-6-7-8-9-10-13-27-43(3)48(28-30-50-4)40-18-14-17-36-39(25-26-41(42(36)40)49(43)29-31-51-5)47-46-38-24-23-37(34-15-11-12-16-35(34)38)45-44-33-21-19-32(2)20-22-33/h11-12,14-26H,6-10,13,27-31H2,1-5H3/b45-44+,47-46+. The maximum Gasteiger partial charge on any atom is 0.110 e. The van der Waals surface area contributed by atoms with Crippen LogP contribution in [0.4, 0.5) is 34.1 Å². The molecule has 1 unspecified atom stereocenters. The van der Waals surface area contributed by atoms with Crippen LogP contribution in [0.3, 0.4) is 0 Å². The Labute approximate surface area is 303 Å². The predicted molar refractivity (Wildman–Crippen MR) is 212 cm³/mol. The molecule has 0 bridgehead atoms. The Morgan fingerprint density at radius 2 is 1.10 bits per heavy atom. The second-order valence-corrected chi connectivity index (χ2v) is 13.7. The molecule has 1 aliphatic rings. The van der Waals surface area contributed by atoms with Crippen LogP contribution in [0.25, 0.3) is 21.5 Å². The highest BCUT2D eigenvalue weighted by molar-refractivity contribution is 6.10. The third-order valence-corrected chi connectivity index (χ3v) is 10.2. The summed E-state index contributed by atoms with van der Waals surface area (Å²) in [6, 6.07) is 31.1. The zero-order chi connectivity index (χ0) is 35.6. The molecule has 51 heavy (non-hydrogen) atoms. The summed E-state index contributed by atoms with van der Waals surface area (Å²) in [6.07, 6.45) is 8.65. The van der Waals surface area contributed by atoms with Crippen molar-refractivity contribution in [3.63, 3.8) is 0 Å². The normalized spacial score (nSPS) is 16.0. The fourth-order valence-electron chi connectivity index (χ4n) is 7.43. The Morgan fingerprint density at radius 1 is 0.569 bits per heavy atom. The molecule has 0 N–H and O–H groups in total. The van der Waals surface area contributed by atoms with Crippen molar-refractivity contribution in [3.8, 4) is 0 Å². The fraction of sp³-hybridized carbons (Fsp3) is 0.395. The molecule has 1 aliphatic heterocycles. The van der Waals surface area contributed by atoms with Crippen molar-refractivity contribution in [2.75, 3.05) is 50.3 Å². The van der Waals surface area contributed by atoms with Crippen molar-refractivity contribution < 1.29 is 9.47 Å². The van der Waals surface area contributed by atoms with E-state index in [2.05, 4.69) is 83.3 Å². The number of rotatable bonds is 17. The lowest BCUT2D eigenvalue weighted by Crippen LogP contribution is -2.62. The van der Waals surface area contributed by atoms with Gasteiger partial charge in [-0.05, 0) is 69.2 Å². The lowest BCUT2D eigenvalue weighted by Gasteiger charge is -2.55. The van der Waals surface area contributed by atoms with E-state index in [-0.39, 0.29) is 5.66 Å². The average molecular weight is 685 g/mol. The first-order valence-electron chi connectivity index (χ1n) is 18.5. The highest BCUT2D eigenvalue weighted by Crippen LogP contribution is 2.49. The van der Waals surface area contributed by atoms with Crippen LogP contribution < -0.4 is 9.80 Å². The van der Waals surface area contributed by atoms with E-state index < -0.39 is 0 Å². The number of benzene rings is 5. The summed E-state index contributed by atoms with van der Waals surface area (Å²) >= 11 is 0. The Bertz CT molecular complexity index is 1950. The fourth-order valence-corrected chi connectivity index (χ4v) is 7.43. The maximum atomic E-state index is 5.67. The Morgan fingerprint density at radius 3 is 1.73 bits per heavy atom. The molecule has 266 valence electrons. The van der Waals surface area contributed by atoms with Gasteiger partial charge in [0.05, 0.1) is 36.0 Å². The molecule has 5 aromatic rings. The summed E-state index contributed by atoms with van der Waals surface area (Å²) in [6.45, 7) is 9.60. The van der Waals surface area contributed by atoms with Gasteiger partial charge in [-0.15, -0.1) is 15.3 Å². The number of fused-ring (bicyclic) bond motifs is 1. The molecule has 8 nitrogen and oxygen atoms in total. The van der Waals surface area contributed by atoms with Crippen molar-refractivity contribution in [2.24, 2.45) is 20.5 Å². The van der Waals surface area contributed by atoms with Gasteiger partial charge in [0, 0.05) is 60.2 Å². The first-order chi connectivity index (χ1) is 25.0. The number of methoxy groups -OCH3 is 2. The van der Waals surface area contributed by atoms with Crippen LogP contribution in [0, 0.1) is 6.92 Å². The summed E-state index contributed by atoms with van der Waals surface area (Å²) < 4.78 is 11.3. The Balaban J connectivity index is 1.36. The van der Waals surface area contributed by atoms with E-state index in [1.165, 1.54) is 60.8 Å². The number of azo groups is 2. The Kier molecular flexibility index (Phi) is 12.1. The van der Waals surface area contributed by atoms with E-state index in [9.17, 15) is 0 Å². The van der Waals surface area contributed by atoms with Gasteiger partial charge in [-0.2, -0.15) is 5.11 Å². The molecule has 0 amide bonds. The molecular formula is C43H52N6O2. The topological polar surface area (TPSA) is 74.4 Å². The largest absolute Gasteiger partial charge is 0.383 e. The first kappa shape index (κ1) is 36.1. The molecule has 0 saturated heterocycles. The van der Waals surface area contributed by atoms with Crippen LogP contribution >= 0.6 is 0 Å². The van der Waals surface area contributed by atoms with Crippen molar-refractivity contribution >= 4 is 55.7 Å². The summed E-state index contributed by atoms with van der Waals surface area (Å²) in [5.41, 5.74) is 6.63. The number of aryl methyl sites for hydroxylation is 1. The molecule has 8 heteroatoms. The smallest absolute Gasteiger partial charge is 0.110 e. The third-order valence-electron chi connectivity index (χ3n) is 10.2. The van der Waals surface area contributed by atoms with Crippen LogP contribution in [0.5, 0.6) is 0 Å². The van der Waals surface area contributed by atoms with Gasteiger partial charge in [0.25, 0.3) is 0 Å². The van der Waals surface area contributed by atoms with E-state index >= 15 is 0 Å². The second-order valence-electron chi connectivity index (χ2n) is 13.7. The van der Waals surface area contributed by atoms with E-state index in [0.29, 0.717) is 13.2 Å². The van der Waals surface area contributed by atoms with Gasteiger partial charge < -0.3 is 19.3 Å². The Hall–Kier alpha value is -4.66. The maximum absolute atomic E-state index is 5.67. The van der Waals surface area contributed by atoms with Crippen LogP contribution in [-0.2, 0) is 9.47 Å². The van der Waals surface area contributed by atoms with E-state index in [4.69, 9.17) is 19.7 Å². The van der Waals surface area contributed by atoms with E-state index in [1.54, 1.807) is 14.2 Å². The monoisotopic (exact) mass is 684 g/mol. The lowest BCUT2D eigenvalue weighted by atomic mass is 9.90. The average Bonchev–Trinajstić information content (AvgIpc) is 3.15. The molecule has 5 aromatic carbocycles. The van der Waals surface area contributed by atoms with Crippen LogP contribution in [-0.4, -0.2) is 46.2 Å². The van der Waals surface area contributed by atoms with E-state index in [0.717, 1.165) is 58.4 Å². The van der Waals surface area contributed by atoms with Crippen LogP contribution in [0.1, 0.15) is 64.4 Å².